The summed E-state index contributed by atoms with van der Waals surface area (Å²) >= 11 is 0. The fourth-order valence-corrected chi connectivity index (χ4v) is 2.09. The summed E-state index contributed by atoms with van der Waals surface area (Å²) in [7, 11) is 1.58. The molecule has 1 saturated heterocycles. The smallest absolute Gasteiger partial charge is 0.322 e. The molecule has 0 aliphatic carbocycles. The second-order valence-electron chi connectivity index (χ2n) is 4.38. The maximum Gasteiger partial charge on any atom is 0.322 e. The Morgan fingerprint density at radius 3 is 2.44 bits per heavy atom. The van der Waals surface area contributed by atoms with Crippen molar-refractivity contribution in [1.29, 1.82) is 0 Å². The Kier molecular flexibility index (Phi) is 4.55. The molecule has 0 amide bonds. The van der Waals surface area contributed by atoms with E-state index in [1.807, 2.05) is 6.92 Å². The molecule has 1 N–H and O–H groups in total. The van der Waals surface area contributed by atoms with Crippen molar-refractivity contribution in [3.05, 3.63) is 0 Å². The number of anilines is 2. The standard InChI is InChI=1S/C12H21N5O/c1-3-13-10-14-11(16-12(15-10)18-2)17-8-6-4-5-7-9-17/h3-9H2,1-2H3,(H,13,14,15,16). The van der Waals surface area contributed by atoms with Gasteiger partial charge in [-0.15, -0.1) is 0 Å². The number of ether oxygens (including phenoxy) is 1. The van der Waals surface area contributed by atoms with Gasteiger partial charge in [0.2, 0.25) is 11.9 Å². The van der Waals surface area contributed by atoms with Crippen molar-refractivity contribution >= 4 is 11.9 Å². The van der Waals surface area contributed by atoms with Crippen LogP contribution in [0.1, 0.15) is 32.6 Å². The van der Waals surface area contributed by atoms with Crippen LogP contribution >= 0.6 is 0 Å². The summed E-state index contributed by atoms with van der Waals surface area (Å²) in [5.74, 6) is 1.31. The van der Waals surface area contributed by atoms with Crippen LogP contribution in [0.3, 0.4) is 0 Å². The van der Waals surface area contributed by atoms with Crippen molar-refractivity contribution in [3.63, 3.8) is 0 Å². The highest BCUT2D eigenvalue weighted by Crippen LogP contribution is 2.18. The second-order valence-corrected chi connectivity index (χ2v) is 4.38. The van der Waals surface area contributed by atoms with Crippen LogP contribution in [0.2, 0.25) is 0 Å². The van der Waals surface area contributed by atoms with Crippen LogP contribution in [0.15, 0.2) is 0 Å². The minimum Gasteiger partial charge on any atom is -0.467 e. The van der Waals surface area contributed by atoms with Gasteiger partial charge in [-0.2, -0.15) is 15.0 Å². The van der Waals surface area contributed by atoms with Crippen molar-refractivity contribution in [1.82, 2.24) is 15.0 Å². The Morgan fingerprint density at radius 1 is 1.11 bits per heavy atom. The minimum atomic E-state index is 0.375. The zero-order valence-electron chi connectivity index (χ0n) is 11.1. The van der Waals surface area contributed by atoms with Crippen LogP contribution in [0.25, 0.3) is 0 Å². The number of methoxy groups -OCH3 is 1. The fourth-order valence-electron chi connectivity index (χ4n) is 2.09. The van der Waals surface area contributed by atoms with Gasteiger partial charge < -0.3 is 15.0 Å². The summed E-state index contributed by atoms with van der Waals surface area (Å²) in [5.41, 5.74) is 0. The zero-order chi connectivity index (χ0) is 12.8. The lowest BCUT2D eigenvalue weighted by Gasteiger charge is -2.20. The van der Waals surface area contributed by atoms with Crippen LogP contribution in [0, 0.1) is 0 Å². The fraction of sp³-hybridized carbons (Fsp3) is 0.750. The molecule has 1 fully saturated rings. The maximum atomic E-state index is 5.14. The lowest BCUT2D eigenvalue weighted by atomic mass is 10.2. The lowest BCUT2D eigenvalue weighted by Crippen LogP contribution is -2.26. The van der Waals surface area contributed by atoms with Gasteiger partial charge in [0.05, 0.1) is 7.11 Å². The van der Waals surface area contributed by atoms with Gasteiger partial charge in [-0.25, -0.2) is 0 Å². The van der Waals surface area contributed by atoms with Crippen LogP contribution < -0.4 is 15.0 Å². The molecular formula is C12H21N5O. The van der Waals surface area contributed by atoms with Crippen LogP contribution in [0.5, 0.6) is 6.01 Å². The molecule has 2 heterocycles. The largest absolute Gasteiger partial charge is 0.467 e. The Balaban J connectivity index is 2.21. The highest BCUT2D eigenvalue weighted by atomic mass is 16.5. The van der Waals surface area contributed by atoms with Gasteiger partial charge >= 0.3 is 6.01 Å². The lowest BCUT2D eigenvalue weighted by molar-refractivity contribution is 0.378. The summed E-state index contributed by atoms with van der Waals surface area (Å²) < 4.78 is 5.14. The van der Waals surface area contributed by atoms with E-state index in [4.69, 9.17) is 4.74 Å². The van der Waals surface area contributed by atoms with Gasteiger partial charge in [-0.1, -0.05) is 12.8 Å². The molecule has 100 valence electrons. The number of hydrogen-bond acceptors (Lipinski definition) is 6. The van der Waals surface area contributed by atoms with Crippen molar-refractivity contribution < 1.29 is 4.74 Å². The van der Waals surface area contributed by atoms with Gasteiger partial charge in [0.25, 0.3) is 0 Å². The van der Waals surface area contributed by atoms with Crippen LogP contribution in [-0.4, -0.2) is 41.7 Å². The molecule has 1 aromatic rings. The molecule has 0 saturated carbocycles. The van der Waals surface area contributed by atoms with Gasteiger partial charge in [0.1, 0.15) is 0 Å². The first kappa shape index (κ1) is 12.9. The number of rotatable bonds is 4. The molecule has 1 aliphatic rings. The first-order valence-corrected chi connectivity index (χ1v) is 6.62. The summed E-state index contributed by atoms with van der Waals surface area (Å²) in [4.78, 5) is 15.2. The topological polar surface area (TPSA) is 63.2 Å². The van der Waals surface area contributed by atoms with Crippen LogP contribution in [-0.2, 0) is 0 Å². The first-order valence-electron chi connectivity index (χ1n) is 6.62. The molecule has 0 atom stereocenters. The molecule has 6 nitrogen and oxygen atoms in total. The van der Waals surface area contributed by atoms with Gasteiger partial charge in [0.15, 0.2) is 0 Å². The molecule has 0 aromatic carbocycles. The van der Waals surface area contributed by atoms with E-state index < -0.39 is 0 Å². The first-order chi connectivity index (χ1) is 8.83. The third kappa shape index (κ3) is 3.21. The predicted octanol–water partition coefficient (Wildman–Crippen LogP) is 1.69. The predicted molar refractivity (Wildman–Crippen MR) is 71.2 cm³/mol. The molecule has 0 spiro atoms. The molecule has 0 bridgehead atoms. The summed E-state index contributed by atoms with van der Waals surface area (Å²) in [6.45, 7) is 4.83. The molecule has 1 aromatic heterocycles. The van der Waals surface area contributed by atoms with E-state index in [1.54, 1.807) is 7.11 Å². The molecule has 0 unspecified atom stereocenters. The van der Waals surface area contributed by atoms with E-state index in [9.17, 15) is 0 Å². The van der Waals surface area contributed by atoms with E-state index in [0.717, 1.165) is 25.6 Å². The zero-order valence-corrected chi connectivity index (χ0v) is 11.1. The molecule has 6 heteroatoms. The number of hydrogen-bond donors (Lipinski definition) is 1. The van der Waals surface area contributed by atoms with Crippen molar-refractivity contribution in [2.45, 2.75) is 32.6 Å². The SMILES string of the molecule is CCNc1nc(OC)nc(N2CCCCCC2)n1. The van der Waals surface area contributed by atoms with E-state index in [2.05, 4.69) is 25.2 Å². The second kappa shape index (κ2) is 6.37. The van der Waals surface area contributed by atoms with Crippen molar-refractivity contribution in [2.24, 2.45) is 0 Å². The molecule has 18 heavy (non-hydrogen) atoms. The normalized spacial score (nSPS) is 16.2. The molecular weight excluding hydrogens is 230 g/mol. The Hall–Kier alpha value is -1.59. The van der Waals surface area contributed by atoms with E-state index in [0.29, 0.717) is 12.0 Å². The number of nitrogens with one attached hydrogen (secondary N) is 1. The molecule has 0 radical (unpaired) electrons. The summed E-state index contributed by atoms with van der Waals surface area (Å²) in [6.07, 6.45) is 4.98. The van der Waals surface area contributed by atoms with E-state index in [-0.39, 0.29) is 0 Å². The quantitative estimate of drug-likeness (QED) is 0.878. The molecule has 1 aliphatic heterocycles. The average molecular weight is 251 g/mol. The van der Waals surface area contributed by atoms with Gasteiger partial charge in [-0.3, -0.25) is 0 Å². The summed E-state index contributed by atoms with van der Waals surface area (Å²) in [6, 6.07) is 0.375. The van der Waals surface area contributed by atoms with Crippen molar-refractivity contribution in [3.8, 4) is 6.01 Å². The maximum absolute atomic E-state index is 5.14. The Bertz CT molecular complexity index is 377. The number of nitrogens with zero attached hydrogens (tertiary/aromatic N) is 4. The Labute approximate surface area is 108 Å². The third-order valence-corrected chi connectivity index (χ3v) is 3.01. The summed E-state index contributed by atoms with van der Waals surface area (Å²) in [5, 5.41) is 3.11. The van der Waals surface area contributed by atoms with Crippen LogP contribution in [0.4, 0.5) is 11.9 Å². The molecule has 2 rings (SSSR count). The van der Waals surface area contributed by atoms with Gasteiger partial charge in [-0.05, 0) is 19.8 Å². The number of aromatic nitrogens is 3. The third-order valence-electron chi connectivity index (χ3n) is 3.01. The average Bonchev–Trinajstić information content (AvgIpc) is 2.67. The Morgan fingerprint density at radius 2 is 1.83 bits per heavy atom. The van der Waals surface area contributed by atoms with Gasteiger partial charge in [0, 0.05) is 19.6 Å². The highest BCUT2D eigenvalue weighted by Gasteiger charge is 2.15. The highest BCUT2D eigenvalue weighted by molar-refractivity contribution is 5.38. The monoisotopic (exact) mass is 251 g/mol. The van der Waals surface area contributed by atoms with Crippen molar-refractivity contribution in [2.75, 3.05) is 37.0 Å². The van der Waals surface area contributed by atoms with E-state index in [1.165, 1.54) is 25.7 Å². The minimum absolute atomic E-state index is 0.375. The van der Waals surface area contributed by atoms with E-state index >= 15 is 0 Å².